The van der Waals surface area contributed by atoms with Crippen molar-refractivity contribution in [2.75, 3.05) is 45.8 Å². The smallest absolute Gasteiger partial charge is 0.183 e. The van der Waals surface area contributed by atoms with Crippen molar-refractivity contribution in [3.8, 4) is 5.75 Å². The van der Waals surface area contributed by atoms with E-state index in [0.717, 1.165) is 0 Å². The fourth-order valence-electron chi connectivity index (χ4n) is 2.99. The molecule has 0 spiro atoms. The lowest BCUT2D eigenvalue weighted by atomic mass is 10.2. The molecule has 1 aromatic carbocycles. The van der Waals surface area contributed by atoms with Crippen LogP contribution in [0.4, 0.5) is 0 Å². The Morgan fingerprint density at radius 3 is 2.52 bits per heavy atom. The molecule has 7 nitrogen and oxygen atoms in total. The number of nitrogens with one attached hydrogen (secondary N) is 1. The van der Waals surface area contributed by atoms with Crippen molar-refractivity contribution in [1.29, 1.82) is 0 Å². The van der Waals surface area contributed by atoms with E-state index < -0.39 is 31.0 Å². The number of methoxy groups -OCH3 is 1. The van der Waals surface area contributed by atoms with Crippen molar-refractivity contribution >= 4 is 19.7 Å². The molecule has 1 heterocycles. The number of aryl methyl sites for hydroxylation is 1. The van der Waals surface area contributed by atoms with Crippen LogP contribution in [0, 0.1) is 6.92 Å². The van der Waals surface area contributed by atoms with Gasteiger partial charge in [0.1, 0.15) is 5.75 Å². The van der Waals surface area contributed by atoms with Crippen LogP contribution in [0.3, 0.4) is 0 Å². The van der Waals surface area contributed by atoms with E-state index in [1.807, 2.05) is 19.0 Å². The number of sulfone groups is 2. The van der Waals surface area contributed by atoms with Gasteiger partial charge in [-0.2, -0.15) is 0 Å². The second-order valence-electron chi connectivity index (χ2n) is 6.66. The third-order valence-corrected chi connectivity index (χ3v) is 8.51. The first kappa shape index (κ1) is 20.2. The number of hydrogen-bond acceptors (Lipinski definition) is 7. The molecule has 25 heavy (non-hydrogen) atoms. The first-order valence-corrected chi connectivity index (χ1v) is 11.4. The van der Waals surface area contributed by atoms with Gasteiger partial charge in [-0.05, 0) is 44.8 Å². The highest BCUT2D eigenvalue weighted by Crippen LogP contribution is 2.29. The van der Waals surface area contributed by atoms with Crippen molar-refractivity contribution < 1.29 is 21.6 Å². The van der Waals surface area contributed by atoms with Crippen LogP contribution in [0.2, 0.25) is 0 Å². The first-order valence-electron chi connectivity index (χ1n) is 8.04. The fourth-order valence-corrected chi connectivity index (χ4v) is 7.79. The van der Waals surface area contributed by atoms with Gasteiger partial charge in [0.05, 0.1) is 28.8 Å². The molecule has 0 saturated carbocycles. The lowest BCUT2D eigenvalue weighted by molar-refractivity contribution is 0.388. The maximum Gasteiger partial charge on any atom is 0.183 e. The summed E-state index contributed by atoms with van der Waals surface area (Å²) < 4.78 is 55.3. The molecule has 1 N–H and O–H groups in total. The fraction of sp³-hybridized carbons (Fsp3) is 0.625. The highest BCUT2D eigenvalue weighted by molar-refractivity contribution is 7.96. The van der Waals surface area contributed by atoms with Crippen molar-refractivity contribution in [2.45, 2.75) is 23.1 Å². The molecule has 1 fully saturated rings. The van der Waals surface area contributed by atoms with Crippen LogP contribution < -0.4 is 10.1 Å². The van der Waals surface area contributed by atoms with E-state index in [2.05, 4.69) is 5.32 Å². The SMILES string of the molecule is COc1ccc(S(=O)(=O)[C@H]2CS(=O)(=O)C[C@H]2NCCN(C)C)cc1C. The van der Waals surface area contributed by atoms with Gasteiger partial charge >= 0.3 is 0 Å². The Morgan fingerprint density at radius 1 is 1.28 bits per heavy atom. The lowest BCUT2D eigenvalue weighted by Crippen LogP contribution is -2.45. The minimum Gasteiger partial charge on any atom is -0.496 e. The minimum absolute atomic E-state index is 0.132. The number of benzene rings is 1. The quantitative estimate of drug-likeness (QED) is 0.705. The number of ether oxygens (including phenoxy) is 1. The van der Waals surface area contributed by atoms with Gasteiger partial charge in [0.2, 0.25) is 0 Å². The maximum atomic E-state index is 13.0. The summed E-state index contributed by atoms with van der Waals surface area (Å²) in [5.41, 5.74) is 0.696. The van der Waals surface area contributed by atoms with Crippen LogP contribution in [0.15, 0.2) is 23.1 Å². The lowest BCUT2D eigenvalue weighted by Gasteiger charge is -2.21. The average Bonchev–Trinajstić information content (AvgIpc) is 2.82. The molecule has 1 aliphatic heterocycles. The number of rotatable bonds is 7. The summed E-state index contributed by atoms with van der Waals surface area (Å²) in [5.74, 6) is 0.0955. The van der Waals surface area contributed by atoms with Crippen molar-refractivity contribution in [3.63, 3.8) is 0 Å². The molecule has 1 aliphatic rings. The Kier molecular flexibility index (Phi) is 6.13. The topological polar surface area (TPSA) is 92.8 Å². The van der Waals surface area contributed by atoms with Crippen LogP contribution in [0.1, 0.15) is 5.56 Å². The standard InChI is InChI=1S/C16H26N2O5S2/c1-12-9-13(5-6-15(12)23-4)25(21,22)16-11-24(19,20)10-14(16)17-7-8-18(2)3/h5-6,9,14,16-17H,7-8,10-11H2,1-4H3/t14-,16+/m1/s1. The van der Waals surface area contributed by atoms with E-state index in [0.29, 0.717) is 24.4 Å². The number of nitrogens with zero attached hydrogens (tertiary/aromatic N) is 1. The van der Waals surface area contributed by atoms with Crippen LogP contribution >= 0.6 is 0 Å². The van der Waals surface area contributed by atoms with Crippen LogP contribution in [0.25, 0.3) is 0 Å². The number of hydrogen-bond donors (Lipinski definition) is 1. The Bertz CT molecular complexity index is 819. The van der Waals surface area contributed by atoms with Crippen molar-refractivity contribution in [1.82, 2.24) is 10.2 Å². The molecule has 1 saturated heterocycles. The molecule has 0 radical (unpaired) electrons. The molecule has 0 aromatic heterocycles. The van der Waals surface area contributed by atoms with Gasteiger partial charge in [0.25, 0.3) is 0 Å². The average molecular weight is 391 g/mol. The predicted molar refractivity (Wildman–Crippen MR) is 97.7 cm³/mol. The summed E-state index contributed by atoms with van der Waals surface area (Å²) in [6.07, 6.45) is 0. The second-order valence-corrected chi connectivity index (χ2v) is 11.0. The van der Waals surface area contributed by atoms with Gasteiger partial charge in [-0.25, -0.2) is 16.8 Å². The Balaban J connectivity index is 2.29. The van der Waals surface area contributed by atoms with E-state index in [1.165, 1.54) is 19.2 Å². The third-order valence-electron chi connectivity index (χ3n) is 4.36. The van der Waals surface area contributed by atoms with Gasteiger partial charge in [-0.1, -0.05) is 0 Å². The van der Waals surface area contributed by atoms with Crippen LogP contribution in [-0.2, 0) is 19.7 Å². The highest BCUT2D eigenvalue weighted by atomic mass is 32.2. The molecule has 2 atom stereocenters. The molecule has 0 unspecified atom stereocenters. The van der Waals surface area contributed by atoms with Gasteiger partial charge in [0, 0.05) is 19.1 Å². The molecular weight excluding hydrogens is 364 g/mol. The summed E-state index contributed by atoms with van der Waals surface area (Å²) in [6, 6.07) is 4.01. The zero-order chi connectivity index (χ0) is 18.8. The number of likely N-dealkylation sites (N-methyl/N-ethyl adjacent to an activating group) is 1. The summed E-state index contributed by atoms with van der Waals surface area (Å²) >= 11 is 0. The molecule has 2 rings (SSSR count). The van der Waals surface area contributed by atoms with Gasteiger partial charge in [-0.3, -0.25) is 0 Å². The summed E-state index contributed by atoms with van der Waals surface area (Å²) in [7, 11) is -1.83. The normalized spacial score (nSPS) is 23.1. The van der Waals surface area contributed by atoms with E-state index in [-0.39, 0.29) is 16.4 Å². The molecule has 0 amide bonds. The zero-order valence-electron chi connectivity index (χ0n) is 15.0. The molecule has 1 aromatic rings. The van der Waals surface area contributed by atoms with Gasteiger partial charge < -0.3 is 15.0 Å². The third kappa shape index (κ3) is 4.72. The zero-order valence-corrected chi connectivity index (χ0v) is 16.7. The molecular formula is C16H26N2O5S2. The minimum atomic E-state index is -3.77. The van der Waals surface area contributed by atoms with Crippen molar-refractivity contribution in [2.24, 2.45) is 0 Å². The summed E-state index contributed by atoms with van der Waals surface area (Å²) in [4.78, 5) is 2.08. The Labute approximate surface area is 150 Å². The Morgan fingerprint density at radius 2 is 1.96 bits per heavy atom. The van der Waals surface area contributed by atoms with Gasteiger partial charge in [-0.15, -0.1) is 0 Å². The van der Waals surface area contributed by atoms with Gasteiger partial charge in [0.15, 0.2) is 19.7 Å². The molecule has 0 bridgehead atoms. The maximum absolute atomic E-state index is 13.0. The largest absolute Gasteiger partial charge is 0.496 e. The summed E-state index contributed by atoms with van der Waals surface area (Å²) in [5, 5.41) is 2.13. The highest BCUT2D eigenvalue weighted by Gasteiger charge is 2.45. The molecule has 0 aliphatic carbocycles. The van der Waals surface area contributed by atoms with E-state index in [4.69, 9.17) is 4.74 Å². The monoisotopic (exact) mass is 390 g/mol. The Hall–Kier alpha value is -1.16. The van der Waals surface area contributed by atoms with Crippen LogP contribution in [-0.4, -0.2) is 78.8 Å². The van der Waals surface area contributed by atoms with E-state index in [1.54, 1.807) is 13.0 Å². The summed E-state index contributed by atoms with van der Waals surface area (Å²) in [6.45, 7) is 2.99. The van der Waals surface area contributed by atoms with Crippen LogP contribution in [0.5, 0.6) is 5.75 Å². The van der Waals surface area contributed by atoms with E-state index in [9.17, 15) is 16.8 Å². The van der Waals surface area contributed by atoms with E-state index >= 15 is 0 Å². The molecule has 142 valence electrons. The second kappa shape index (κ2) is 7.61. The van der Waals surface area contributed by atoms with Crippen molar-refractivity contribution in [3.05, 3.63) is 23.8 Å². The first-order chi connectivity index (χ1) is 11.6. The molecule has 9 heteroatoms. The predicted octanol–water partition coefficient (Wildman–Crippen LogP) is 0.0941.